The summed E-state index contributed by atoms with van der Waals surface area (Å²) in [6, 6.07) is 10.3. The molecular formula is C8H12ClO3S2+. The van der Waals surface area contributed by atoms with Crippen LogP contribution in [0.2, 0.25) is 0 Å². The lowest BCUT2D eigenvalue weighted by atomic mass is 10.2. The monoisotopic (exact) mass is 255 g/mol. The maximum absolute atomic E-state index is 8.85. The van der Waals surface area contributed by atoms with Crippen LogP contribution in [0.4, 0.5) is 0 Å². The molecule has 0 atom stereocenters. The maximum atomic E-state index is 8.85. The van der Waals surface area contributed by atoms with Gasteiger partial charge < -0.3 is 0 Å². The summed E-state index contributed by atoms with van der Waals surface area (Å²) in [6.45, 7) is 2.08. The quantitative estimate of drug-likeness (QED) is 0.437. The Morgan fingerprint density at radius 1 is 1.21 bits per heavy atom. The number of hydrogen-bond acceptors (Lipinski definition) is 3. The van der Waals surface area contributed by atoms with E-state index in [0.29, 0.717) is 11.7 Å². The molecule has 0 bridgehead atoms. The summed E-state index contributed by atoms with van der Waals surface area (Å²) in [5.74, 6) is 0. The predicted molar refractivity (Wildman–Crippen MR) is 61.3 cm³/mol. The van der Waals surface area contributed by atoms with Gasteiger partial charge in [0.1, 0.15) is 0 Å². The fourth-order valence-corrected chi connectivity index (χ4v) is 0.534. The van der Waals surface area contributed by atoms with E-state index < -0.39 is 9.92 Å². The molecule has 0 amide bonds. The van der Waals surface area contributed by atoms with E-state index in [1.165, 1.54) is 11.8 Å². The van der Waals surface area contributed by atoms with Gasteiger partial charge in [-0.05, 0) is 6.92 Å². The average molecular weight is 256 g/mol. The van der Waals surface area contributed by atoms with E-state index >= 15 is 0 Å². The fourth-order valence-electron chi connectivity index (χ4n) is 0.534. The van der Waals surface area contributed by atoms with Crippen LogP contribution in [-0.2, 0) is 25.8 Å². The molecule has 0 heterocycles. The van der Waals surface area contributed by atoms with Crippen molar-refractivity contribution >= 4 is 32.3 Å². The molecule has 0 radical (unpaired) electrons. The van der Waals surface area contributed by atoms with Crippen molar-refractivity contribution in [2.24, 2.45) is 0 Å². The van der Waals surface area contributed by atoms with Gasteiger partial charge in [0.15, 0.2) is 0 Å². The second-order valence-electron chi connectivity index (χ2n) is 2.03. The third-order valence-electron chi connectivity index (χ3n) is 0.940. The van der Waals surface area contributed by atoms with Gasteiger partial charge in [-0.1, -0.05) is 35.9 Å². The van der Waals surface area contributed by atoms with Crippen LogP contribution in [0.15, 0.2) is 30.3 Å². The molecule has 0 aliphatic carbocycles. The van der Waals surface area contributed by atoms with Crippen molar-refractivity contribution in [2.45, 2.75) is 6.92 Å². The third kappa shape index (κ3) is 22.5. The first-order valence-corrected chi connectivity index (χ1v) is 6.75. The minimum atomic E-state index is -2.65. The van der Waals surface area contributed by atoms with Crippen molar-refractivity contribution in [3.8, 4) is 0 Å². The number of benzene rings is 1. The van der Waals surface area contributed by atoms with Crippen LogP contribution < -0.4 is 0 Å². The molecule has 0 spiro atoms. The van der Waals surface area contributed by atoms with Crippen molar-refractivity contribution in [3.63, 3.8) is 0 Å². The Kier molecular flexibility index (Phi) is 14.2. The van der Waals surface area contributed by atoms with Gasteiger partial charge in [0.2, 0.25) is 16.2 Å². The largest absolute Gasteiger partial charge is 0.455 e. The summed E-state index contributed by atoms with van der Waals surface area (Å²) in [4.78, 5) is 0. The number of halogens is 1. The van der Waals surface area contributed by atoms with Crippen LogP contribution >= 0.6 is 10.7 Å². The first-order chi connectivity index (χ1) is 6.54. The van der Waals surface area contributed by atoms with Gasteiger partial charge in [-0.2, -0.15) is 0 Å². The molecule has 0 aromatic heterocycles. The van der Waals surface area contributed by atoms with Crippen molar-refractivity contribution in [2.75, 3.05) is 6.26 Å². The molecule has 1 rings (SSSR count). The van der Waals surface area contributed by atoms with E-state index in [1.807, 2.05) is 18.2 Å². The number of thiol groups is 1. The fraction of sp³-hybridized carbons (Fsp3) is 0.250. The molecule has 0 aliphatic heterocycles. The highest BCUT2D eigenvalue weighted by Gasteiger charge is 1.72. The second kappa shape index (κ2) is 12.5. The summed E-state index contributed by atoms with van der Waals surface area (Å²) in [5, 5.41) is 0. The summed E-state index contributed by atoms with van der Waals surface area (Å²) in [7, 11) is 1.58. The van der Waals surface area contributed by atoms with Gasteiger partial charge in [-0.25, -0.2) is 8.42 Å². The van der Waals surface area contributed by atoms with Gasteiger partial charge in [-0.3, -0.25) is 0 Å². The lowest BCUT2D eigenvalue weighted by molar-refractivity contribution is 0.607. The lowest BCUT2D eigenvalue weighted by Gasteiger charge is -1.82. The molecule has 0 saturated carbocycles. The van der Waals surface area contributed by atoms with Gasteiger partial charge in [0, 0.05) is 14.9 Å². The standard InChI is InChI=1S/C7H8.CH3OS.ClHO2S/c1-7-5-3-2-4-6-7;1-3-2;1-4(2)3/h2-6H,1H3;1H3;4H/q;+1;. The van der Waals surface area contributed by atoms with Crippen molar-refractivity contribution in [3.05, 3.63) is 35.9 Å². The van der Waals surface area contributed by atoms with Gasteiger partial charge in [-0.15, -0.1) is 0 Å². The average Bonchev–Trinajstić information content (AvgIpc) is 2.05. The third-order valence-corrected chi connectivity index (χ3v) is 0.940. The van der Waals surface area contributed by atoms with Crippen molar-refractivity contribution in [1.82, 2.24) is 0 Å². The second-order valence-corrected chi connectivity index (χ2v) is 3.62. The highest BCUT2D eigenvalue weighted by Crippen LogP contribution is 1.92. The van der Waals surface area contributed by atoms with E-state index in [4.69, 9.17) is 12.6 Å². The molecule has 80 valence electrons. The molecule has 14 heavy (non-hydrogen) atoms. The Bertz CT molecular complexity index is 291. The normalized spacial score (nSPS) is 7.71. The molecule has 0 fully saturated rings. The highest BCUT2D eigenvalue weighted by molar-refractivity contribution is 7.98. The van der Waals surface area contributed by atoms with Crippen LogP contribution in [0, 0.1) is 6.92 Å². The summed E-state index contributed by atoms with van der Waals surface area (Å²) in [6.07, 6.45) is 1.49. The number of aryl methyl sites for hydroxylation is 1. The summed E-state index contributed by atoms with van der Waals surface area (Å²) < 4.78 is 26.5. The molecule has 0 unspecified atom stereocenters. The Labute approximate surface area is 94.0 Å². The smallest absolute Gasteiger partial charge is 0.215 e. The molecule has 0 aliphatic rings. The van der Waals surface area contributed by atoms with Crippen molar-refractivity contribution < 1.29 is 12.6 Å². The lowest BCUT2D eigenvalue weighted by Crippen LogP contribution is -1.62. The predicted octanol–water partition coefficient (Wildman–Crippen LogP) is 1.79. The van der Waals surface area contributed by atoms with E-state index in [1.54, 1.807) is 0 Å². The number of hydrogen-bond donors (Lipinski definition) is 1. The molecule has 0 saturated heterocycles. The van der Waals surface area contributed by atoms with E-state index in [9.17, 15) is 0 Å². The van der Waals surface area contributed by atoms with Crippen LogP contribution in [0.3, 0.4) is 0 Å². The first-order valence-electron chi connectivity index (χ1n) is 3.52. The van der Waals surface area contributed by atoms with Crippen LogP contribution in [-0.4, -0.2) is 14.7 Å². The Morgan fingerprint density at radius 2 is 1.50 bits per heavy atom. The summed E-state index contributed by atoms with van der Waals surface area (Å²) >= 11 is 0.500. The summed E-state index contributed by atoms with van der Waals surface area (Å²) in [5.41, 5.74) is 1.32. The first kappa shape index (κ1) is 15.9. The van der Waals surface area contributed by atoms with Crippen LogP contribution in [0.1, 0.15) is 5.56 Å². The molecular weight excluding hydrogens is 244 g/mol. The maximum Gasteiger partial charge on any atom is 0.455 e. The topological polar surface area (TPSA) is 51.2 Å². The van der Waals surface area contributed by atoms with E-state index in [-0.39, 0.29) is 0 Å². The Morgan fingerprint density at radius 3 is 1.64 bits per heavy atom. The minimum absolute atomic E-state index is 0.500. The molecule has 3 nitrogen and oxygen atoms in total. The van der Waals surface area contributed by atoms with Crippen LogP contribution in [0.5, 0.6) is 0 Å². The van der Waals surface area contributed by atoms with Gasteiger partial charge in [0.25, 0.3) is 0 Å². The molecule has 0 N–H and O–H groups in total. The van der Waals surface area contributed by atoms with Gasteiger partial charge in [0.05, 0.1) is 0 Å². The zero-order chi connectivity index (χ0) is 11.4. The minimum Gasteiger partial charge on any atom is -0.215 e. The van der Waals surface area contributed by atoms with Gasteiger partial charge >= 0.3 is 11.7 Å². The number of rotatable bonds is 0. The zero-order valence-corrected chi connectivity index (χ0v) is 10.3. The highest BCUT2D eigenvalue weighted by atomic mass is 35.7. The van der Waals surface area contributed by atoms with Crippen molar-refractivity contribution in [1.29, 1.82) is 0 Å². The van der Waals surface area contributed by atoms with E-state index in [0.717, 1.165) is 0 Å². The van der Waals surface area contributed by atoms with Crippen LogP contribution in [0.25, 0.3) is 0 Å². The SMILES string of the molecule is C[S+]=O.Cc1ccccc1.O=[SH](=O)Cl. The molecule has 1 aromatic rings. The molecule has 1 aromatic carbocycles. The zero-order valence-electron chi connectivity index (χ0n) is 7.84. The molecule has 6 heteroatoms. The van der Waals surface area contributed by atoms with E-state index in [2.05, 4.69) is 29.7 Å². The Balaban J connectivity index is 0. The Hall–Kier alpha value is -0.520.